The second-order valence-corrected chi connectivity index (χ2v) is 9.05. The quantitative estimate of drug-likeness (QED) is 0.479. The summed E-state index contributed by atoms with van der Waals surface area (Å²) < 4.78 is 3.96. The van der Waals surface area contributed by atoms with Gasteiger partial charge in [-0.25, -0.2) is 9.59 Å². The van der Waals surface area contributed by atoms with E-state index in [1.807, 2.05) is 0 Å². The fourth-order valence-corrected chi connectivity index (χ4v) is 5.78. The van der Waals surface area contributed by atoms with Gasteiger partial charge >= 0.3 is 11.9 Å². The van der Waals surface area contributed by atoms with Gasteiger partial charge < -0.3 is 24.7 Å². The van der Waals surface area contributed by atoms with Gasteiger partial charge in [-0.2, -0.15) is 0 Å². The van der Waals surface area contributed by atoms with Gasteiger partial charge in [0.2, 0.25) is 5.91 Å². The second-order valence-electron chi connectivity index (χ2n) is 7.28. The number of carbonyl (C=O) groups excluding carboxylic acids is 3. The lowest BCUT2D eigenvalue weighted by molar-refractivity contribution is -0.174. The van der Waals surface area contributed by atoms with Gasteiger partial charge in [0.1, 0.15) is 24.1 Å². The molecule has 0 saturated carbocycles. The monoisotopic (exact) mass is 386 g/mol. The third-order valence-corrected chi connectivity index (χ3v) is 6.91. The van der Waals surface area contributed by atoms with Crippen LogP contribution >= 0.6 is 11.8 Å². The highest BCUT2D eigenvalue weighted by Gasteiger charge is 2.66. The molecule has 0 unspecified atom stereocenters. The number of ether oxygens (including phenoxy) is 1. The van der Waals surface area contributed by atoms with Crippen molar-refractivity contribution in [2.45, 2.75) is 55.0 Å². The number of carboxylic acids is 1. The zero-order chi connectivity index (χ0) is 19.4. The number of nitrogens with zero attached hydrogens (tertiary/aromatic N) is 2. The van der Waals surface area contributed by atoms with Crippen LogP contribution in [0.25, 0.3) is 0 Å². The zero-order valence-electron chi connectivity index (χ0n) is 14.7. The van der Waals surface area contributed by atoms with Crippen LogP contribution in [0.5, 0.6) is 0 Å². The molecule has 0 spiro atoms. The van der Waals surface area contributed by atoms with Crippen LogP contribution in [-0.2, 0) is 23.9 Å². The molecule has 26 heavy (non-hydrogen) atoms. The highest BCUT2D eigenvalue weighted by molar-refractivity contribution is 8.01. The summed E-state index contributed by atoms with van der Waals surface area (Å²) in [6, 6.07) is -1.76. The van der Waals surface area contributed by atoms with E-state index in [2.05, 4.69) is 0 Å². The zero-order valence-corrected chi connectivity index (χ0v) is 15.6. The number of fused-ring (bicyclic) bond motifs is 1. The van der Waals surface area contributed by atoms with Gasteiger partial charge in [0.15, 0.2) is 0 Å². The van der Waals surface area contributed by atoms with E-state index in [0.717, 1.165) is 0 Å². The first-order valence-corrected chi connectivity index (χ1v) is 9.29. The van der Waals surface area contributed by atoms with E-state index < -0.39 is 58.0 Å². The van der Waals surface area contributed by atoms with Crippen LogP contribution in [0.1, 0.15) is 26.7 Å². The molecule has 3 aliphatic rings. The summed E-state index contributed by atoms with van der Waals surface area (Å²) >= 11 is 1.27. The second kappa shape index (κ2) is 6.41. The average molecular weight is 386 g/mol. The normalized spacial score (nSPS) is 33.5. The van der Waals surface area contributed by atoms with Crippen LogP contribution in [-0.4, -0.2) is 85.7 Å². The van der Waals surface area contributed by atoms with Crippen LogP contribution in [0.2, 0.25) is 0 Å². The van der Waals surface area contributed by atoms with E-state index in [4.69, 9.17) is 4.74 Å². The number of aliphatic hydroxyl groups is 1. The molecule has 0 aromatic rings. The Labute approximate surface area is 154 Å². The highest BCUT2D eigenvalue weighted by atomic mass is 32.2. The van der Waals surface area contributed by atoms with Crippen molar-refractivity contribution in [3.8, 4) is 0 Å². The summed E-state index contributed by atoms with van der Waals surface area (Å²) in [6.45, 7) is 3.75. The van der Waals surface area contributed by atoms with Gasteiger partial charge in [0.25, 0.3) is 5.91 Å². The summed E-state index contributed by atoms with van der Waals surface area (Å²) in [7, 11) is 1.23. The Kier molecular flexibility index (Phi) is 4.68. The van der Waals surface area contributed by atoms with Crippen LogP contribution in [0.15, 0.2) is 0 Å². The number of hydrogen-bond acceptors (Lipinski definition) is 7. The molecular formula is C16H22N2O7S. The summed E-state index contributed by atoms with van der Waals surface area (Å²) in [6.07, 6.45) is -0.554. The summed E-state index contributed by atoms with van der Waals surface area (Å²) in [5.41, 5.74) is 0. The first kappa shape index (κ1) is 19.0. The molecule has 3 aliphatic heterocycles. The van der Waals surface area contributed by atoms with Crippen molar-refractivity contribution in [1.82, 2.24) is 9.80 Å². The number of carboxylic acid groups (broad SMARTS) is 1. The standard InChI is InChI=1S/C16H22N2O7S/c1-16(2)10(14(22)23)18-11(20)8(13(18)26-16)9(19)12(21)17-6-4-5-7(17)15(24)25-3/h7-10,13,19H,4-6H2,1-3H3,(H,22,23)/t7-,8+,9-,10-,13+/m0/s1. The molecule has 9 nitrogen and oxygen atoms in total. The molecule has 10 heteroatoms. The molecule has 0 aromatic carbocycles. The van der Waals surface area contributed by atoms with Gasteiger partial charge in [-0.3, -0.25) is 9.59 Å². The molecule has 2 N–H and O–H groups in total. The predicted octanol–water partition coefficient (Wildman–Crippen LogP) is -0.726. The Bertz CT molecular complexity index is 667. The predicted molar refractivity (Wildman–Crippen MR) is 90.0 cm³/mol. The van der Waals surface area contributed by atoms with E-state index in [0.29, 0.717) is 19.4 Å². The number of aliphatic hydroxyl groups excluding tert-OH is 1. The van der Waals surface area contributed by atoms with Crippen molar-refractivity contribution in [3.05, 3.63) is 0 Å². The molecule has 0 aromatic heterocycles. The lowest BCUT2D eigenvalue weighted by Crippen LogP contribution is -2.67. The van der Waals surface area contributed by atoms with Gasteiger partial charge in [-0.05, 0) is 26.7 Å². The number of amides is 2. The molecule has 0 radical (unpaired) electrons. The molecule has 3 heterocycles. The number of hydrogen-bond donors (Lipinski definition) is 2. The van der Waals surface area contributed by atoms with E-state index in [1.54, 1.807) is 13.8 Å². The Morgan fingerprint density at radius 1 is 1.35 bits per heavy atom. The topological polar surface area (TPSA) is 124 Å². The molecule has 3 rings (SSSR count). The number of methoxy groups -OCH3 is 1. The van der Waals surface area contributed by atoms with Crippen LogP contribution < -0.4 is 0 Å². The minimum Gasteiger partial charge on any atom is -0.480 e. The highest BCUT2D eigenvalue weighted by Crippen LogP contribution is 2.54. The van der Waals surface area contributed by atoms with Crippen LogP contribution in [0.4, 0.5) is 0 Å². The summed E-state index contributed by atoms with van der Waals surface area (Å²) in [4.78, 5) is 51.0. The minimum absolute atomic E-state index is 0.307. The first-order valence-electron chi connectivity index (χ1n) is 8.41. The molecule has 3 fully saturated rings. The van der Waals surface area contributed by atoms with E-state index in [9.17, 15) is 29.4 Å². The third-order valence-electron chi connectivity index (χ3n) is 5.32. The SMILES string of the molecule is COC(=O)[C@@H]1CCCN1C(=O)[C@@H](O)[C@@H]1C(=O)N2[C@@H]1SC(C)(C)[C@@H]2C(=O)O. The molecule has 144 valence electrons. The van der Waals surface area contributed by atoms with Gasteiger partial charge in [-0.1, -0.05) is 0 Å². The van der Waals surface area contributed by atoms with E-state index >= 15 is 0 Å². The van der Waals surface area contributed by atoms with E-state index in [1.165, 1.54) is 28.7 Å². The number of likely N-dealkylation sites (tertiary alicyclic amines) is 1. The van der Waals surface area contributed by atoms with E-state index in [-0.39, 0.29) is 0 Å². The molecule has 5 atom stereocenters. The average Bonchev–Trinajstić information content (AvgIpc) is 3.14. The van der Waals surface area contributed by atoms with Gasteiger partial charge in [0, 0.05) is 11.3 Å². The molecule has 2 amide bonds. The smallest absolute Gasteiger partial charge is 0.328 e. The summed E-state index contributed by atoms with van der Waals surface area (Å²) in [5, 5.41) is 19.4. The first-order chi connectivity index (χ1) is 12.1. The largest absolute Gasteiger partial charge is 0.480 e. The fraction of sp³-hybridized carbons (Fsp3) is 0.750. The number of esters is 1. The Hall–Kier alpha value is -1.81. The molecule has 0 bridgehead atoms. The van der Waals surface area contributed by atoms with Crippen molar-refractivity contribution >= 4 is 35.5 Å². The van der Waals surface area contributed by atoms with Gasteiger partial charge in [0.05, 0.1) is 12.5 Å². The lowest BCUT2D eigenvalue weighted by Gasteiger charge is -2.45. The van der Waals surface area contributed by atoms with Crippen LogP contribution in [0, 0.1) is 5.92 Å². The Morgan fingerprint density at radius 2 is 2.00 bits per heavy atom. The van der Waals surface area contributed by atoms with Crippen LogP contribution in [0.3, 0.4) is 0 Å². The minimum atomic E-state index is -1.61. The Morgan fingerprint density at radius 3 is 2.58 bits per heavy atom. The maximum atomic E-state index is 12.7. The number of aliphatic carboxylic acids is 1. The van der Waals surface area contributed by atoms with Crippen molar-refractivity contribution in [1.29, 1.82) is 0 Å². The Balaban J connectivity index is 1.76. The number of thioether (sulfide) groups is 1. The third kappa shape index (κ3) is 2.66. The van der Waals surface area contributed by atoms with Crippen molar-refractivity contribution in [3.63, 3.8) is 0 Å². The molecular weight excluding hydrogens is 364 g/mol. The van der Waals surface area contributed by atoms with Crippen molar-refractivity contribution < 1.29 is 34.1 Å². The number of carbonyl (C=O) groups is 4. The van der Waals surface area contributed by atoms with Crippen molar-refractivity contribution in [2.24, 2.45) is 5.92 Å². The molecule has 0 aliphatic carbocycles. The maximum absolute atomic E-state index is 12.7. The number of rotatable bonds is 4. The maximum Gasteiger partial charge on any atom is 0.328 e. The van der Waals surface area contributed by atoms with Gasteiger partial charge in [-0.15, -0.1) is 11.8 Å². The van der Waals surface area contributed by atoms with Crippen molar-refractivity contribution in [2.75, 3.05) is 13.7 Å². The fourth-order valence-electron chi connectivity index (χ4n) is 4.07. The molecule has 3 saturated heterocycles. The lowest BCUT2D eigenvalue weighted by atomic mass is 9.87. The summed E-state index contributed by atoms with van der Waals surface area (Å²) in [5.74, 6) is -3.90. The number of β-lactam (4-membered cyclic amide) rings is 1.